The number of hydrogen-bond acceptors (Lipinski definition) is 3. The molecule has 2 heterocycles. The summed E-state index contributed by atoms with van der Waals surface area (Å²) >= 11 is 1.83. The van der Waals surface area contributed by atoms with Gasteiger partial charge in [-0.2, -0.15) is 0 Å². The lowest BCUT2D eigenvalue weighted by atomic mass is 9.85. The van der Waals surface area contributed by atoms with Crippen molar-refractivity contribution in [2.45, 2.75) is 44.6 Å². The van der Waals surface area contributed by atoms with Crippen LogP contribution < -0.4 is 0 Å². The minimum absolute atomic E-state index is 0.536. The molecule has 4 heteroatoms. The van der Waals surface area contributed by atoms with Gasteiger partial charge in [-0.1, -0.05) is 19.3 Å². The lowest BCUT2D eigenvalue weighted by molar-refractivity contribution is -0.281. The highest BCUT2D eigenvalue weighted by molar-refractivity contribution is 7.19. The number of nitrogens with one attached hydrogen (secondary N) is 1. The highest BCUT2D eigenvalue weighted by Crippen LogP contribution is 2.39. The van der Waals surface area contributed by atoms with E-state index in [-0.39, 0.29) is 0 Å². The van der Waals surface area contributed by atoms with Crippen LogP contribution in [-0.2, 0) is 16.4 Å². The summed E-state index contributed by atoms with van der Waals surface area (Å²) in [5.74, 6) is 0.752. The fourth-order valence-corrected chi connectivity index (χ4v) is 4.01. The maximum Gasteiger partial charge on any atom is 0.116 e. The van der Waals surface area contributed by atoms with Crippen LogP contribution in [0.25, 0.3) is 10.2 Å². The van der Waals surface area contributed by atoms with Crippen molar-refractivity contribution in [2.24, 2.45) is 0 Å². The first-order valence-corrected chi connectivity index (χ1v) is 7.45. The molecule has 0 aliphatic heterocycles. The zero-order chi connectivity index (χ0) is 12.4. The van der Waals surface area contributed by atoms with E-state index in [1.165, 1.54) is 52.8 Å². The first-order valence-electron chi connectivity index (χ1n) is 6.64. The molecule has 3 nitrogen and oxygen atoms in total. The Hall–Kier alpha value is -0.840. The molecular weight excluding hydrogens is 246 g/mol. The van der Waals surface area contributed by atoms with Crippen molar-refractivity contribution in [3.63, 3.8) is 0 Å². The second-order valence-corrected chi connectivity index (χ2v) is 6.10. The molecule has 0 spiro atoms. The van der Waals surface area contributed by atoms with E-state index in [9.17, 15) is 0 Å². The summed E-state index contributed by atoms with van der Waals surface area (Å²) in [5, 5.41) is 0. The van der Waals surface area contributed by atoms with Crippen LogP contribution in [-0.4, -0.2) is 12.1 Å². The molecule has 2 aromatic rings. The Labute approximate surface area is 111 Å². The topological polar surface area (TPSA) is 34.2 Å². The van der Waals surface area contributed by atoms with E-state index in [0.29, 0.717) is 6.61 Å². The largest absolute Gasteiger partial charge is 0.360 e. The number of H-pyrrole nitrogens is 1. The van der Waals surface area contributed by atoms with Gasteiger partial charge in [-0.15, -0.1) is 11.3 Å². The van der Waals surface area contributed by atoms with Crippen LogP contribution in [0.5, 0.6) is 0 Å². The molecule has 0 radical (unpaired) electrons. The Morgan fingerprint density at radius 2 is 2.17 bits per heavy atom. The molecule has 18 heavy (non-hydrogen) atoms. The highest BCUT2D eigenvalue weighted by atomic mass is 32.1. The van der Waals surface area contributed by atoms with Gasteiger partial charge < -0.3 is 4.98 Å². The molecule has 0 unspecified atom stereocenters. The predicted octanol–water partition coefficient (Wildman–Crippen LogP) is 4.36. The SMILES string of the molecule is COOCc1cc2[nH]cc(C3CCCCC3)c2s1. The number of aromatic nitrogens is 1. The molecule has 0 saturated heterocycles. The molecule has 3 rings (SSSR count). The highest BCUT2D eigenvalue weighted by Gasteiger charge is 2.20. The first kappa shape index (κ1) is 12.2. The maximum atomic E-state index is 5.00. The summed E-state index contributed by atoms with van der Waals surface area (Å²) in [4.78, 5) is 14.3. The summed E-state index contributed by atoms with van der Waals surface area (Å²) in [5.41, 5.74) is 2.76. The van der Waals surface area contributed by atoms with Crippen molar-refractivity contribution < 1.29 is 9.78 Å². The van der Waals surface area contributed by atoms with Crippen molar-refractivity contribution in [3.05, 3.63) is 22.7 Å². The van der Waals surface area contributed by atoms with Crippen LogP contribution in [0.4, 0.5) is 0 Å². The Morgan fingerprint density at radius 3 is 2.94 bits per heavy atom. The van der Waals surface area contributed by atoms with Crippen LogP contribution in [0.2, 0.25) is 0 Å². The quantitative estimate of drug-likeness (QED) is 0.658. The van der Waals surface area contributed by atoms with Crippen molar-refractivity contribution in [3.8, 4) is 0 Å². The second-order valence-electron chi connectivity index (χ2n) is 4.96. The smallest absolute Gasteiger partial charge is 0.116 e. The van der Waals surface area contributed by atoms with E-state index in [1.807, 2.05) is 11.3 Å². The van der Waals surface area contributed by atoms with Gasteiger partial charge in [0, 0.05) is 11.1 Å². The molecule has 0 atom stereocenters. The summed E-state index contributed by atoms with van der Waals surface area (Å²) in [6.07, 6.45) is 9.05. The van der Waals surface area contributed by atoms with E-state index >= 15 is 0 Å². The molecule has 1 aliphatic rings. The van der Waals surface area contributed by atoms with Gasteiger partial charge >= 0.3 is 0 Å². The minimum Gasteiger partial charge on any atom is -0.360 e. The Bertz CT molecular complexity index is 511. The van der Waals surface area contributed by atoms with Gasteiger partial charge in [0.15, 0.2) is 0 Å². The molecule has 1 fully saturated rings. The van der Waals surface area contributed by atoms with E-state index < -0.39 is 0 Å². The van der Waals surface area contributed by atoms with Crippen LogP contribution in [0.1, 0.15) is 48.5 Å². The maximum absolute atomic E-state index is 5.00. The molecule has 1 aliphatic carbocycles. The standard InChI is InChI=1S/C14H19NO2S/c1-16-17-9-11-7-13-14(18-11)12(8-15-13)10-5-3-2-4-6-10/h7-8,10,15H,2-6,9H2,1H3. The van der Waals surface area contributed by atoms with Gasteiger partial charge in [0.2, 0.25) is 0 Å². The molecule has 0 bridgehead atoms. The Morgan fingerprint density at radius 1 is 1.33 bits per heavy atom. The Balaban J connectivity index is 1.85. The third-order valence-corrected chi connectivity index (χ3v) is 4.95. The minimum atomic E-state index is 0.536. The number of thiophene rings is 1. The third-order valence-electron chi connectivity index (χ3n) is 3.79. The number of aromatic amines is 1. The fourth-order valence-electron chi connectivity index (χ4n) is 2.89. The summed E-state index contributed by atoms with van der Waals surface area (Å²) in [6.45, 7) is 0.536. The second kappa shape index (κ2) is 5.43. The van der Waals surface area contributed by atoms with E-state index in [1.54, 1.807) is 7.11 Å². The van der Waals surface area contributed by atoms with Crippen LogP contribution in [0, 0.1) is 0 Å². The summed E-state index contributed by atoms with van der Waals surface area (Å²) in [6, 6.07) is 2.17. The summed E-state index contributed by atoms with van der Waals surface area (Å²) in [7, 11) is 1.55. The van der Waals surface area contributed by atoms with Gasteiger partial charge in [-0.05, 0) is 30.4 Å². The van der Waals surface area contributed by atoms with Crippen molar-refractivity contribution in [1.82, 2.24) is 4.98 Å². The van der Waals surface area contributed by atoms with Crippen LogP contribution in [0.15, 0.2) is 12.3 Å². The monoisotopic (exact) mass is 265 g/mol. The van der Waals surface area contributed by atoms with Gasteiger partial charge in [-0.25, -0.2) is 9.78 Å². The van der Waals surface area contributed by atoms with Gasteiger partial charge in [0.1, 0.15) is 6.61 Å². The average Bonchev–Trinajstić information content (AvgIpc) is 2.96. The van der Waals surface area contributed by atoms with Crippen LogP contribution in [0.3, 0.4) is 0 Å². The lowest BCUT2D eigenvalue weighted by Crippen LogP contribution is -2.03. The molecule has 1 N–H and O–H groups in total. The van der Waals surface area contributed by atoms with Gasteiger partial charge in [-0.3, -0.25) is 0 Å². The molecule has 0 aromatic carbocycles. The van der Waals surface area contributed by atoms with Gasteiger partial charge in [0.05, 0.1) is 17.3 Å². The number of fused-ring (bicyclic) bond motifs is 1. The van der Waals surface area contributed by atoms with Crippen molar-refractivity contribution in [2.75, 3.05) is 7.11 Å². The molecule has 2 aromatic heterocycles. The molecule has 1 saturated carbocycles. The van der Waals surface area contributed by atoms with E-state index in [2.05, 4.69) is 22.1 Å². The first-order chi connectivity index (χ1) is 8.88. The number of hydrogen-bond donors (Lipinski definition) is 1. The van der Waals surface area contributed by atoms with Crippen molar-refractivity contribution >= 4 is 21.6 Å². The zero-order valence-corrected chi connectivity index (χ0v) is 11.5. The average molecular weight is 265 g/mol. The Kier molecular flexibility index (Phi) is 3.68. The van der Waals surface area contributed by atoms with Gasteiger partial charge in [0.25, 0.3) is 0 Å². The zero-order valence-electron chi connectivity index (χ0n) is 10.7. The lowest BCUT2D eigenvalue weighted by Gasteiger charge is -2.20. The predicted molar refractivity (Wildman–Crippen MR) is 73.8 cm³/mol. The normalized spacial score (nSPS) is 17.6. The fraction of sp³-hybridized carbons (Fsp3) is 0.571. The summed E-state index contributed by atoms with van der Waals surface area (Å²) < 4.78 is 1.41. The number of rotatable bonds is 4. The molecule has 0 amide bonds. The van der Waals surface area contributed by atoms with Crippen molar-refractivity contribution in [1.29, 1.82) is 0 Å². The van der Waals surface area contributed by atoms with E-state index in [0.717, 1.165) is 5.92 Å². The molecular formula is C14H19NO2S. The van der Waals surface area contributed by atoms with Crippen LogP contribution >= 0.6 is 11.3 Å². The van der Waals surface area contributed by atoms with E-state index in [4.69, 9.17) is 4.89 Å². The molecule has 98 valence electrons. The third kappa shape index (κ3) is 2.32.